The number of rotatable bonds is 4. The van der Waals surface area contributed by atoms with Crippen molar-refractivity contribution in [3.63, 3.8) is 0 Å². The average molecular weight is 256 g/mol. The minimum absolute atomic E-state index is 0.0547. The van der Waals surface area contributed by atoms with E-state index in [0.717, 1.165) is 22.0 Å². The van der Waals surface area contributed by atoms with Crippen LogP contribution in [0.3, 0.4) is 0 Å². The van der Waals surface area contributed by atoms with E-state index in [-0.39, 0.29) is 6.61 Å². The van der Waals surface area contributed by atoms with Gasteiger partial charge in [0.25, 0.3) is 0 Å². The Bertz CT molecular complexity index is 323. The summed E-state index contributed by atoms with van der Waals surface area (Å²) in [5.74, 6) is 0. The Labute approximate surface area is 92.6 Å². The highest BCUT2D eigenvalue weighted by Crippen LogP contribution is 2.19. The maximum Gasteiger partial charge on any atom is 0.0693 e. The predicted molar refractivity (Wildman–Crippen MR) is 62.8 cm³/mol. The van der Waals surface area contributed by atoms with Crippen molar-refractivity contribution in [2.45, 2.75) is 13.0 Å². The lowest BCUT2D eigenvalue weighted by Gasteiger charge is -2.01. The fraction of sp³-hybridized carbons (Fsp3) is 0.273. The molecule has 0 unspecified atom stereocenters. The summed E-state index contributed by atoms with van der Waals surface area (Å²) in [5, 5.41) is 9.04. The first-order valence-corrected chi connectivity index (χ1v) is 5.33. The molecule has 0 radical (unpaired) electrons. The van der Waals surface area contributed by atoms with E-state index in [1.165, 1.54) is 0 Å². The van der Waals surface area contributed by atoms with Crippen LogP contribution in [-0.4, -0.2) is 11.7 Å². The molecule has 3 N–H and O–H groups in total. The summed E-state index contributed by atoms with van der Waals surface area (Å²) < 4.78 is 0.941. The zero-order chi connectivity index (χ0) is 10.4. The van der Waals surface area contributed by atoms with Gasteiger partial charge in [-0.05, 0) is 36.2 Å². The smallest absolute Gasteiger partial charge is 0.0693 e. The van der Waals surface area contributed by atoms with Crippen LogP contribution in [0.4, 0.5) is 0 Å². The summed E-state index contributed by atoms with van der Waals surface area (Å²) in [6, 6.07) is 5.89. The number of benzene rings is 1. The summed E-state index contributed by atoms with van der Waals surface area (Å²) in [5.41, 5.74) is 7.37. The summed E-state index contributed by atoms with van der Waals surface area (Å²) in [7, 11) is 0. The second kappa shape index (κ2) is 5.96. The van der Waals surface area contributed by atoms with E-state index >= 15 is 0 Å². The Morgan fingerprint density at radius 1 is 1.43 bits per heavy atom. The van der Waals surface area contributed by atoms with E-state index < -0.39 is 0 Å². The Kier molecular flexibility index (Phi) is 4.87. The third kappa shape index (κ3) is 3.25. The average Bonchev–Trinajstić information content (AvgIpc) is 2.21. The van der Waals surface area contributed by atoms with Gasteiger partial charge in [0.2, 0.25) is 0 Å². The van der Waals surface area contributed by atoms with E-state index in [4.69, 9.17) is 10.8 Å². The molecule has 0 aliphatic heterocycles. The van der Waals surface area contributed by atoms with E-state index in [9.17, 15) is 0 Å². The van der Waals surface area contributed by atoms with Crippen LogP contribution in [0.25, 0.3) is 6.08 Å². The van der Waals surface area contributed by atoms with Crippen LogP contribution in [0.5, 0.6) is 0 Å². The number of nitrogens with two attached hydrogens (primary N) is 1. The van der Waals surface area contributed by atoms with E-state index in [0.29, 0.717) is 6.54 Å². The van der Waals surface area contributed by atoms with Crippen LogP contribution in [0.15, 0.2) is 28.7 Å². The van der Waals surface area contributed by atoms with Crippen molar-refractivity contribution in [3.8, 4) is 0 Å². The molecular weight excluding hydrogens is 242 g/mol. The lowest BCUT2D eigenvalue weighted by atomic mass is 10.1. The topological polar surface area (TPSA) is 46.2 Å². The Balaban J connectivity index is 2.79. The van der Waals surface area contributed by atoms with Crippen LogP contribution in [0.2, 0.25) is 0 Å². The fourth-order valence-electron chi connectivity index (χ4n) is 1.14. The molecule has 0 amide bonds. The van der Waals surface area contributed by atoms with Crippen molar-refractivity contribution in [1.82, 2.24) is 0 Å². The molecule has 1 aromatic rings. The molecule has 0 bridgehead atoms. The molecule has 0 saturated carbocycles. The zero-order valence-corrected chi connectivity index (χ0v) is 9.50. The highest BCUT2D eigenvalue weighted by molar-refractivity contribution is 9.10. The van der Waals surface area contributed by atoms with Gasteiger partial charge in [0.05, 0.1) is 6.61 Å². The second-order valence-corrected chi connectivity index (χ2v) is 3.84. The fourth-order valence-corrected chi connectivity index (χ4v) is 1.51. The molecule has 3 heteroatoms. The Morgan fingerprint density at radius 3 is 2.86 bits per heavy atom. The molecule has 0 aliphatic carbocycles. The maximum atomic E-state index is 9.04. The normalized spacial score (nSPS) is 11.1. The molecule has 1 rings (SSSR count). The lowest BCUT2D eigenvalue weighted by molar-refractivity contribution is 0.281. The summed E-state index contributed by atoms with van der Waals surface area (Å²) >= 11 is 3.37. The minimum atomic E-state index is 0.0547. The lowest BCUT2D eigenvalue weighted by Crippen LogP contribution is -1.95. The molecular formula is C11H14BrNO. The molecule has 14 heavy (non-hydrogen) atoms. The van der Waals surface area contributed by atoms with Gasteiger partial charge in [0.15, 0.2) is 0 Å². The molecule has 0 saturated heterocycles. The van der Waals surface area contributed by atoms with Gasteiger partial charge < -0.3 is 10.8 Å². The van der Waals surface area contributed by atoms with Crippen molar-refractivity contribution in [2.75, 3.05) is 6.54 Å². The van der Waals surface area contributed by atoms with Gasteiger partial charge in [0, 0.05) is 4.47 Å². The molecule has 1 aromatic carbocycles. The maximum absolute atomic E-state index is 9.04. The Morgan fingerprint density at radius 2 is 2.21 bits per heavy atom. The minimum Gasteiger partial charge on any atom is -0.392 e. The first-order valence-electron chi connectivity index (χ1n) is 4.54. The van der Waals surface area contributed by atoms with Gasteiger partial charge in [-0.2, -0.15) is 0 Å². The van der Waals surface area contributed by atoms with Gasteiger partial charge in [-0.25, -0.2) is 0 Å². The van der Waals surface area contributed by atoms with Crippen molar-refractivity contribution in [2.24, 2.45) is 5.73 Å². The zero-order valence-electron chi connectivity index (χ0n) is 7.91. The Hall–Kier alpha value is -0.640. The van der Waals surface area contributed by atoms with Crippen LogP contribution < -0.4 is 5.73 Å². The molecule has 0 aliphatic rings. The third-order valence-electron chi connectivity index (χ3n) is 1.88. The standard InChI is InChI=1S/C11H14BrNO/c12-11-5-4-9(3-1-2-6-13)7-10(11)8-14/h1,3-5,7,14H,2,6,8,13H2. The van der Waals surface area contributed by atoms with E-state index in [1.54, 1.807) is 0 Å². The van der Waals surface area contributed by atoms with Gasteiger partial charge in [0.1, 0.15) is 0 Å². The first-order chi connectivity index (χ1) is 6.77. The van der Waals surface area contributed by atoms with Crippen LogP contribution in [-0.2, 0) is 6.61 Å². The van der Waals surface area contributed by atoms with Gasteiger partial charge >= 0.3 is 0 Å². The monoisotopic (exact) mass is 255 g/mol. The quantitative estimate of drug-likeness (QED) is 0.868. The molecule has 0 heterocycles. The predicted octanol–water partition coefficient (Wildman–Crippen LogP) is 2.30. The molecule has 76 valence electrons. The van der Waals surface area contributed by atoms with Gasteiger partial charge in [-0.3, -0.25) is 0 Å². The SMILES string of the molecule is NCCC=Cc1ccc(Br)c(CO)c1. The second-order valence-electron chi connectivity index (χ2n) is 2.99. The highest BCUT2D eigenvalue weighted by atomic mass is 79.9. The van der Waals surface area contributed by atoms with Crippen molar-refractivity contribution in [3.05, 3.63) is 39.9 Å². The molecule has 2 nitrogen and oxygen atoms in total. The number of halogens is 1. The molecule has 0 fully saturated rings. The van der Waals surface area contributed by atoms with E-state index in [2.05, 4.69) is 15.9 Å². The van der Waals surface area contributed by atoms with Crippen LogP contribution in [0, 0.1) is 0 Å². The summed E-state index contributed by atoms with van der Waals surface area (Å²) in [6.07, 6.45) is 4.92. The van der Waals surface area contributed by atoms with Crippen molar-refractivity contribution in [1.29, 1.82) is 0 Å². The third-order valence-corrected chi connectivity index (χ3v) is 2.66. The summed E-state index contributed by atoms with van der Waals surface area (Å²) in [6.45, 7) is 0.721. The van der Waals surface area contributed by atoms with Crippen molar-refractivity contribution >= 4 is 22.0 Å². The van der Waals surface area contributed by atoms with Crippen LogP contribution >= 0.6 is 15.9 Å². The molecule has 0 spiro atoms. The number of hydrogen-bond donors (Lipinski definition) is 2. The molecule has 0 aromatic heterocycles. The van der Waals surface area contributed by atoms with Crippen LogP contribution in [0.1, 0.15) is 17.5 Å². The highest BCUT2D eigenvalue weighted by Gasteiger charge is 1.97. The van der Waals surface area contributed by atoms with Gasteiger partial charge in [-0.15, -0.1) is 0 Å². The first kappa shape index (κ1) is 11.4. The number of aliphatic hydroxyl groups is 1. The summed E-state index contributed by atoms with van der Waals surface area (Å²) in [4.78, 5) is 0. The van der Waals surface area contributed by atoms with E-state index in [1.807, 2.05) is 30.4 Å². The van der Waals surface area contributed by atoms with Gasteiger partial charge in [-0.1, -0.05) is 34.1 Å². The van der Waals surface area contributed by atoms with Crippen molar-refractivity contribution < 1.29 is 5.11 Å². The molecule has 0 atom stereocenters. The number of hydrogen-bond acceptors (Lipinski definition) is 2. The number of aliphatic hydroxyl groups excluding tert-OH is 1. The largest absolute Gasteiger partial charge is 0.392 e.